The van der Waals surface area contributed by atoms with Crippen LogP contribution in [0.15, 0.2) is 42.6 Å². The first-order valence-electron chi connectivity index (χ1n) is 8.53. The lowest BCUT2D eigenvalue weighted by atomic mass is 10.2. The van der Waals surface area contributed by atoms with E-state index in [1.807, 2.05) is 11.0 Å². The maximum absolute atomic E-state index is 12.2. The minimum Gasteiger partial charge on any atom is -0.406 e. The molecular weight excluding hydrogens is 397 g/mol. The van der Waals surface area contributed by atoms with Crippen molar-refractivity contribution in [2.75, 3.05) is 42.9 Å². The van der Waals surface area contributed by atoms with E-state index in [0.717, 1.165) is 30.9 Å². The van der Waals surface area contributed by atoms with Crippen molar-refractivity contribution < 1.29 is 22.7 Å². The van der Waals surface area contributed by atoms with Gasteiger partial charge in [-0.1, -0.05) is 11.6 Å². The van der Waals surface area contributed by atoms with Crippen LogP contribution in [0.3, 0.4) is 0 Å². The smallest absolute Gasteiger partial charge is 0.406 e. The Labute approximate surface area is 164 Å². The van der Waals surface area contributed by atoms with Crippen LogP contribution in [0.4, 0.5) is 24.5 Å². The maximum Gasteiger partial charge on any atom is 0.573 e. The lowest BCUT2D eigenvalue weighted by molar-refractivity contribution is -0.274. The van der Waals surface area contributed by atoms with Crippen LogP contribution < -0.4 is 15.0 Å². The number of halogens is 4. The van der Waals surface area contributed by atoms with Gasteiger partial charge in [0.05, 0.1) is 6.54 Å². The number of nitrogens with zero attached hydrogens (tertiary/aromatic N) is 3. The number of piperazine rings is 1. The number of ether oxygens (including phenoxy) is 1. The number of hydrogen-bond donors (Lipinski definition) is 1. The van der Waals surface area contributed by atoms with Gasteiger partial charge in [0, 0.05) is 43.8 Å². The summed E-state index contributed by atoms with van der Waals surface area (Å²) in [5, 5.41) is 3.11. The average molecular weight is 415 g/mol. The Hall–Kier alpha value is -2.52. The molecule has 0 unspecified atom stereocenters. The van der Waals surface area contributed by atoms with Crippen LogP contribution in [0.1, 0.15) is 0 Å². The van der Waals surface area contributed by atoms with Crippen LogP contribution in [0.25, 0.3) is 0 Å². The molecule has 0 saturated carbocycles. The Balaban J connectivity index is 1.46. The van der Waals surface area contributed by atoms with Crippen LogP contribution in [-0.4, -0.2) is 54.9 Å². The second kappa shape index (κ2) is 8.66. The van der Waals surface area contributed by atoms with Gasteiger partial charge < -0.3 is 15.0 Å². The van der Waals surface area contributed by atoms with Crippen LogP contribution in [0.5, 0.6) is 5.75 Å². The largest absolute Gasteiger partial charge is 0.573 e. The number of anilines is 2. The molecule has 1 aliphatic heterocycles. The zero-order valence-electron chi connectivity index (χ0n) is 14.7. The van der Waals surface area contributed by atoms with Crippen LogP contribution in [0.2, 0.25) is 5.15 Å². The van der Waals surface area contributed by atoms with E-state index in [0.29, 0.717) is 23.9 Å². The van der Waals surface area contributed by atoms with E-state index >= 15 is 0 Å². The van der Waals surface area contributed by atoms with Gasteiger partial charge >= 0.3 is 6.36 Å². The lowest BCUT2D eigenvalue weighted by Crippen LogP contribution is -2.48. The number of amides is 1. The second-order valence-corrected chi connectivity index (χ2v) is 6.61. The third-order valence-corrected chi connectivity index (χ3v) is 4.39. The van der Waals surface area contributed by atoms with Crippen molar-refractivity contribution in [2.24, 2.45) is 0 Å². The Morgan fingerprint density at radius 1 is 1.14 bits per heavy atom. The van der Waals surface area contributed by atoms with Gasteiger partial charge in [-0.25, -0.2) is 4.98 Å². The van der Waals surface area contributed by atoms with E-state index in [1.54, 1.807) is 12.3 Å². The third kappa shape index (κ3) is 6.00. The molecule has 2 aromatic rings. The highest BCUT2D eigenvalue weighted by atomic mass is 35.5. The number of carbonyl (C=O) groups is 1. The fourth-order valence-corrected chi connectivity index (χ4v) is 3.06. The molecule has 10 heteroatoms. The van der Waals surface area contributed by atoms with E-state index in [1.165, 1.54) is 12.1 Å². The highest BCUT2D eigenvalue weighted by molar-refractivity contribution is 6.29. The summed E-state index contributed by atoms with van der Waals surface area (Å²) in [5.74, 6) is -0.567. The van der Waals surface area contributed by atoms with Crippen LogP contribution in [0, 0.1) is 0 Å². The number of pyridine rings is 1. The van der Waals surface area contributed by atoms with Gasteiger partial charge in [-0.05, 0) is 36.4 Å². The molecule has 6 nitrogen and oxygen atoms in total. The fourth-order valence-electron chi connectivity index (χ4n) is 2.90. The first-order chi connectivity index (χ1) is 13.3. The Bertz CT molecular complexity index is 809. The number of nitrogens with one attached hydrogen (secondary N) is 1. The van der Waals surface area contributed by atoms with Crippen LogP contribution >= 0.6 is 11.6 Å². The van der Waals surface area contributed by atoms with Crippen molar-refractivity contribution in [1.82, 2.24) is 9.88 Å². The average Bonchev–Trinajstić information content (AvgIpc) is 2.63. The summed E-state index contributed by atoms with van der Waals surface area (Å²) >= 11 is 5.92. The molecule has 1 aromatic heterocycles. The Kier molecular flexibility index (Phi) is 6.25. The number of hydrogen-bond acceptors (Lipinski definition) is 5. The van der Waals surface area contributed by atoms with E-state index < -0.39 is 6.36 Å². The summed E-state index contributed by atoms with van der Waals surface area (Å²) in [4.78, 5) is 20.3. The van der Waals surface area contributed by atoms with Crippen molar-refractivity contribution >= 4 is 28.9 Å². The van der Waals surface area contributed by atoms with Crippen molar-refractivity contribution in [1.29, 1.82) is 0 Å². The molecule has 150 valence electrons. The van der Waals surface area contributed by atoms with E-state index in [4.69, 9.17) is 11.6 Å². The molecule has 1 saturated heterocycles. The number of rotatable bonds is 5. The van der Waals surface area contributed by atoms with E-state index in [9.17, 15) is 18.0 Å². The highest BCUT2D eigenvalue weighted by Gasteiger charge is 2.31. The standard InChI is InChI=1S/C18H18ClF3N4O2/c19-16-11-14(5-6-23-16)26-9-7-25(8-10-26)12-17(27)24-13-1-3-15(4-2-13)28-18(20,21)22/h1-6,11H,7-10,12H2,(H,24,27). The van der Waals surface area contributed by atoms with Gasteiger partial charge in [0.1, 0.15) is 10.9 Å². The third-order valence-electron chi connectivity index (χ3n) is 4.19. The second-order valence-electron chi connectivity index (χ2n) is 6.22. The van der Waals surface area contributed by atoms with E-state index in [-0.39, 0.29) is 18.2 Å². The van der Waals surface area contributed by atoms with Crippen molar-refractivity contribution in [2.45, 2.75) is 6.36 Å². The molecule has 1 fully saturated rings. The maximum atomic E-state index is 12.2. The van der Waals surface area contributed by atoms with Crippen molar-refractivity contribution in [3.63, 3.8) is 0 Å². The summed E-state index contributed by atoms with van der Waals surface area (Å²) in [6.45, 7) is 3.09. The topological polar surface area (TPSA) is 57.7 Å². The summed E-state index contributed by atoms with van der Waals surface area (Å²) in [5.41, 5.74) is 1.40. The highest BCUT2D eigenvalue weighted by Crippen LogP contribution is 2.24. The molecule has 2 heterocycles. The zero-order valence-corrected chi connectivity index (χ0v) is 15.5. The lowest BCUT2D eigenvalue weighted by Gasteiger charge is -2.35. The SMILES string of the molecule is O=C(CN1CCN(c2ccnc(Cl)c2)CC1)Nc1ccc(OC(F)(F)F)cc1. The molecule has 1 aromatic carbocycles. The summed E-state index contributed by atoms with van der Waals surface area (Å²) < 4.78 is 40.3. The first kappa shape index (κ1) is 20.2. The molecule has 1 N–H and O–H groups in total. The molecule has 0 radical (unpaired) electrons. The first-order valence-corrected chi connectivity index (χ1v) is 8.91. The quantitative estimate of drug-likeness (QED) is 0.760. The molecule has 0 spiro atoms. The Morgan fingerprint density at radius 3 is 2.43 bits per heavy atom. The van der Waals surface area contributed by atoms with Gasteiger partial charge in [0.15, 0.2) is 0 Å². The van der Waals surface area contributed by atoms with Crippen molar-refractivity contribution in [3.05, 3.63) is 47.7 Å². The molecule has 0 bridgehead atoms. The number of alkyl halides is 3. The number of aromatic nitrogens is 1. The normalized spacial score (nSPS) is 15.4. The number of benzene rings is 1. The predicted octanol–water partition coefficient (Wildman–Crippen LogP) is 3.39. The minimum absolute atomic E-state index is 0.200. The van der Waals surface area contributed by atoms with Gasteiger partial charge in [-0.15, -0.1) is 13.2 Å². The molecule has 0 atom stereocenters. The molecule has 3 rings (SSSR count). The van der Waals surface area contributed by atoms with E-state index in [2.05, 4.69) is 19.9 Å². The fraction of sp³-hybridized carbons (Fsp3) is 0.333. The molecule has 0 aliphatic carbocycles. The van der Waals surface area contributed by atoms with Crippen LogP contribution in [-0.2, 0) is 4.79 Å². The van der Waals surface area contributed by atoms with Gasteiger partial charge in [0.25, 0.3) is 0 Å². The van der Waals surface area contributed by atoms with Gasteiger partial charge in [-0.2, -0.15) is 0 Å². The minimum atomic E-state index is -4.74. The zero-order chi connectivity index (χ0) is 20.1. The summed E-state index contributed by atoms with van der Waals surface area (Å²) in [6.07, 6.45) is -3.09. The molecule has 1 amide bonds. The Morgan fingerprint density at radius 2 is 1.82 bits per heavy atom. The van der Waals surface area contributed by atoms with Crippen molar-refractivity contribution in [3.8, 4) is 5.75 Å². The number of carbonyl (C=O) groups excluding carboxylic acids is 1. The predicted molar refractivity (Wildman–Crippen MR) is 99.7 cm³/mol. The molecule has 1 aliphatic rings. The van der Waals surface area contributed by atoms with Gasteiger partial charge in [-0.3, -0.25) is 9.69 Å². The molecular formula is C18H18ClF3N4O2. The summed E-state index contributed by atoms with van der Waals surface area (Å²) in [7, 11) is 0. The van der Waals surface area contributed by atoms with Gasteiger partial charge in [0.2, 0.25) is 5.91 Å². The monoisotopic (exact) mass is 414 g/mol. The summed E-state index contributed by atoms with van der Waals surface area (Å²) in [6, 6.07) is 8.73. The molecule has 28 heavy (non-hydrogen) atoms.